The summed E-state index contributed by atoms with van der Waals surface area (Å²) in [6.07, 6.45) is -5.31. The molecule has 152 valence electrons. The lowest BCUT2D eigenvalue weighted by Crippen LogP contribution is -2.60. The van der Waals surface area contributed by atoms with Crippen molar-refractivity contribution in [3.05, 3.63) is 24.5 Å². The fraction of sp³-hybridized carbons (Fsp3) is 0.647. The number of methoxy groups -OCH3 is 1. The van der Waals surface area contributed by atoms with Gasteiger partial charge < -0.3 is 44.2 Å². The Balaban J connectivity index is 2.22. The minimum Gasteiger partial charge on any atom is -0.471 e. The Hall–Kier alpha value is -1.82. The van der Waals surface area contributed by atoms with Gasteiger partial charge in [0.2, 0.25) is 6.29 Å². The highest BCUT2D eigenvalue weighted by molar-refractivity contribution is 5.89. The van der Waals surface area contributed by atoms with Crippen LogP contribution in [0.4, 0.5) is 0 Å². The molecule has 10 nitrogen and oxygen atoms in total. The molecule has 1 saturated heterocycles. The van der Waals surface area contributed by atoms with E-state index in [1.165, 1.54) is 13.2 Å². The van der Waals surface area contributed by atoms with Crippen molar-refractivity contribution in [1.82, 2.24) is 0 Å². The second-order valence-corrected chi connectivity index (χ2v) is 6.22. The van der Waals surface area contributed by atoms with Gasteiger partial charge in [-0.1, -0.05) is 6.08 Å². The molecule has 2 rings (SSSR count). The van der Waals surface area contributed by atoms with Crippen molar-refractivity contribution in [2.75, 3.05) is 13.7 Å². The van der Waals surface area contributed by atoms with Gasteiger partial charge in [0.1, 0.15) is 30.7 Å². The molecule has 0 aromatic carbocycles. The van der Waals surface area contributed by atoms with Crippen LogP contribution < -0.4 is 0 Å². The molecule has 0 radical (unpaired) electrons. The summed E-state index contributed by atoms with van der Waals surface area (Å²) in [7, 11) is 1.20. The summed E-state index contributed by atoms with van der Waals surface area (Å²) in [5.41, 5.74) is 0.128. The van der Waals surface area contributed by atoms with Gasteiger partial charge >= 0.3 is 5.97 Å². The lowest BCUT2D eigenvalue weighted by atomic mass is 9.82. The zero-order valence-corrected chi connectivity index (χ0v) is 14.7. The number of rotatable bonds is 7. The van der Waals surface area contributed by atoms with E-state index in [2.05, 4.69) is 11.3 Å². The van der Waals surface area contributed by atoms with Crippen LogP contribution in [0.3, 0.4) is 0 Å². The molecule has 8 atom stereocenters. The number of esters is 1. The Bertz CT molecular complexity index is 574. The van der Waals surface area contributed by atoms with E-state index < -0.39 is 61.4 Å². The Morgan fingerprint density at radius 2 is 1.96 bits per heavy atom. The third-order valence-electron chi connectivity index (χ3n) is 4.67. The van der Waals surface area contributed by atoms with Crippen LogP contribution in [0.1, 0.15) is 6.42 Å². The monoisotopic (exact) mass is 388 g/mol. The van der Waals surface area contributed by atoms with Crippen molar-refractivity contribution >= 4 is 12.3 Å². The van der Waals surface area contributed by atoms with Gasteiger partial charge in [0.25, 0.3) is 0 Å². The van der Waals surface area contributed by atoms with Gasteiger partial charge in [-0.25, -0.2) is 4.79 Å². The maximum atomic E-state index is 11.9. The van der Waals surface area contributed by atoms with E-state index in [1.54, 1.807) is 0 Å². The molecule has 0 spiro atoms. The number of ether oxygens (including phenoxy) is 4. The first-order chi connectivity index (χ1) is 12.9. The van der Waals surface area contributed by atoms with E-state index >= 15 is 0 Å². The van der Waals surface area contributed by atoms with Crippen LogP contribution in [0.25, 0.3) is 0 Å². The Labute approximate surface area is 155 Å². The fourth-order valence-electron chi connectivity index (χ4n) is 3.13. The second kappa shape index (κ2) is 9.40. The van der Waals surface area contributed by atoms with Crippen molar-refractivity contribution < 1.29 is 49.0 Å². The van der Waals surface area contributed by atoms with Gasteiger partial charge in [-0.05, 0) is 0 Å². The molecule has 0 saturated carbocycles. The summed E-state index contributed by atoms with van der Waals surface area (Å²) >= 11 is 0. The van der Waals surface area contributed by atoms with Crippen LogP contribution in [0.15, 0.2) is 24.5 Å². The molecular weight excluding hydrogens is 364 g/mol. The number of aldehydes is 1. The highest BCUT2D eigenvalue weighted by Gasteiger charge is 2.47. The summed E-state index contributed by atoms with van der Waals surface area (Å²) in [4.78, 5) is 23.0. The third kappa shape index (κ3) is 4.37. The van der Waals surface area contributed by atoms with Gasteiger partial charge in [0.05, 0.1) is 25.6 Å². The van der Waals surface area contributed by atoms with Gasteiger partial charge in [-0.15, -0.1) is 6.58 Å². The van der Waals surface area contributed by atoms with Crippen molar-refractivity contribution in [3.63, 3.8) is 0 Å². The van der Waals surface area contributed by atoms with E-state index in [-0.39, 0.29) is 12.0 Å². The summed E-state index contributed by atoms with van der Waals surface area (Å²) in [6.45, 7) is 3.06. The van der Waals surface area contributed by atoms with Crippen LogP contribution in [0, 0.1) is 11.8 Å². The third-order valence-corrected chi connectivity index (χ3v) is 4.67. The first kappa shape index (κ1) is 21.5. The molecule has 27 heavy (non-hydrogen) atoms. The van der Waals surface area contributed by atoms with E-state index in [1.807, 2.05) is 0 Å². The number of hydrogen-bond acceptors (Lipinski definition) is 10. The molecule has 0 amide bonds. The number of aliphatic hydroxyl groups excluding tert-OH is 4. The minimum absolute atomic E-state index is 0.0322. The standard InChI is InChI=1S/C17H24O10/c1-3-8-9(4-5-18)10(15(23)24-2)7-25-16(8)27-17-14(22)13(21)12(20)11(6-19)26-17/h3,5,7-9,11-14,16-17,19-22H,1,4,6H2,2H3/t8-,9+,11-,12-,13+,14-,16+,17+/m0/s1. The first-order valence-corrected chi connectivity index (χ1v) is 8.35. The predicted molar refractivity (Wildman–Crippen MR) is 87.7 cm³/mol. The molecule has 4 N–H and O–H groups in total. The van der Waals surface area contributed by atoms with E-state index in [0.29, 0.717) is 6.29 Å². The van der Waals surface area contributed by atoms with E-state index in [9.17, 15) is 30.0 Å². The normalized spacial score (nSPS) is 39.1. The second-order valence-electron chi connectivity index (χ2n) is 6.22. The van der Waals surface area contributed by atoms with Crippen LogP contribution in [-0.4, -0.2) is 83.4 Å². The topological polar surface area (TPSA) is 152 Å². The first-order valence-electron chi connectivity index (χ1n) is 8.35. The summed E-state index contributed by atoms with van der Waals surface area (Å²) in [5.74, 6) is -1.99. The predicted octanol–water partition coefficient (Wildman–Crippen LogP) is -1.78. The molecule has 0 bridgehead atoms. The molecule has 0 aliphatic carbocycles. The Kier molecular flexibility index (Phi) is 7.48. The van der Waals surface area contributed by atoms with Crippen LogP contribution in [-0.2, 0) is 28.5 Å². The summed E-state index contributed by atoms with van der Waals surface area (Å²) in [6, 6.07) is 0. The van der Waals surface area contributed by atoms with Crippen molar-refractivity contribution in [1.29, 1.82) is 0 Å². The highest BCUT2D eigenvalue weighted by Crippen LogP contribution is 2.36. The fourth-order valence-corrected chi connectivity index (χ4v) is 3.13. The van der Waals surface area contributed by atoms with E-state index in [4.69, 9.17) is 14.2 Å². The summed E-state index contributed by atoms with van der Waals surface area (Å²) < 4.78 is 21.0. The van der Waals surface area contributed by atoms with Crippen LogP contribution in [0.2, 0.25) is 0 Å². The van der Waals surface area contributed by atoms with Crippen LogP contribution >= 0.6 is 0 Å². The number of carbonyl (C=O) groups excluding carboxylic acids is 2. The van der Waals surface area contributed by atoms with Gasteiger partial charge in [-0.2, -0.15) is 0 Å². The van der Waals surface area contributed by atoms with Crippen molar-refractivity contribution in [3.8, 4) is 0 Å². The lowest BCUT2D eigenvalue weighted by Gasteiger charge is -2.42. The lowest BCUT2D eigenvalue weighted by molar-refractivity contribution is -0.339. The average Bonchev–Trinajstić information content (AvgIpc) is 2.68. The molecule has 10 heteroatoms. The number of aliphatic hydroxyl groups is 4. The molecule has 2 heterocycles. The molecule has 2 aliphatic rings. The maximum Gasteiger partial charge on any atom is 0.337 e. The molecule has 1 fully saturated rings. The minimum atomic E-state index is -1.62. The molecule has 0 unspecified atom stereocenters. The molecule has 0 aromatic heterocycles. The molecular formula is C17H24O10. The van der Waals surface area contributed by atoms with Crippen molar-refractivity contribution in [2.24, 2.45) is 11.8 Å². The zero-order chi connectivity index (χ0) is 20.1. The summed E-state index contributed by atoms with van der Waals surface area (Å²) in [5, 5.41) is 39.0. The Morgan fingerprint density at radius 1 is 1.26 bits per heavy atom. The number of carbonyl (C=O) groups is 2. The van der Waals surface area contributed by atoms with E-state index in [0.717, 1.165) is 6.26 Å². The van der Waals surface area contributed by atoms with Crippen LogP contribution in [0.5, 0.6) is 0 Å². The highest BCUT2D eigenvalue weighted by atomic mass is 16.8. The SMILES string of the molecule is C=C[C@@H]1[C@@H](O[C@H]2O[C@@H](CO)[C@H](O)[C@@H](O)[C@@H]2O)OC=C(C(=O)OC)[C@@H]1CC=O. The zero-order valence-electron chi connectivity index (χ0n) is 14.7. The average molecular weight is 388 g/mol. The molecule has 0 aromatic rings. The van der Waals surface area contributed by atoms with Gasteiger partial charge in [0.15, 0.2) is 6.29 Å². The smallest absolute Gasteiger partial charge is 0.337 e. The van der Waals surface area contributed by atoms with Crippen molar-refractivity contribution in [2.45, 2.75) is 43.4 Å². The maximum absolute atomic E-state index is 11.9. The number of hydrogen-bond donors (Lipinski definition) is 4. The Morgan fingerprint density at radius 3 is 2.52 bits per heavy atom. The van der Waals surface area contributed by atoms with Gasteiger partial charge in [-0.3, -0.25) is 0 Å². The molecule has 2 aliphatic heterocycles. The quantitative estimate of drug-likeness (QED) is 0.224. The largest absolute Gasteiger partial charge is 0.471 e. The van der Waals surface area contributed by atoms with Gasteiger partial charge in [0, 0.05) is 18.3 Å².